The molecule has 0 radical (unpaired) electrons. The Morgan fingerprint density at radius 1 is 1.27 bits per heavy atom. The highest BCUT2D eigenvalue weighted by Crippen LogP contribution is 2.57. The SMILES string of the molecule is CN(CC(=O)N(CCC#N)C12CC3CC(CC(C3)C1)C2)Cc1cccs1. The van der Waals surface area contributed by atoms with Crippen molar-refractivity contribution in [2.75, 3.05) is 20.1 Å². The zero-order valence-electron chi connectivity index (χ0n) is 15.7. The van der Waals surface area contributed by atoms with Gasteiger partial charge >= 0.3 is 0 Å². The van der Waals surface area contributed by atoms with Crippen molar-refractivity contribution in [1.29, 1.82) is 5.26 Å². The summed E-state index contributed by atoms with van der Waals surface area (Å²) in [6, 6.07) is 6.45. The van der Waals surface area contributed by atoms with Crippen molar-refractivity contribution in [1.82, 2.24) is 9.80 Å². The molecule has 0 spiro atoms. The average Bonchev–Trinajstić information content (AvgIpc) is 3.06. The quantitative estimate of drug-likeness (QED) is 0.730. The number of thiophene rings is 1. The van der Waals surface area contributed by atoms with Crippen molar-refractivity contribution in [2.24, 2.45) is 17.8 Å². The third kappa shape index (κ3) is 3.54. The summed E-state index contributed by atoms with van der Waals surface area (Å²) in [6.45, 7) is 1.87. The van der Waals surface area contributed by atoms with Crippen LogP contribution in [0.1, 0.15) is 49.8 Å². The lowest BCUT2D eigenvalue weighted by molar-refractivity contribution is -0.151. The van der Waals surface area contributed by atoms with Crippen LogP contribution in [0.3, 0.4) is 0 Å². The Bertz CT molecular complexity index is 643. The van der Waals surface area contributed by atoms with E-state index in [-0.39, 0.29) is 11.4 Å². The number of likely N-dealkylation sites (N-methyl/N-ethyl adjacent to an activating group) is 1. The van der Waals surface area contributed by atoms with E-state index in [4.69, 9.17) is 5.26 Å². The minimum Gasteiger partial charge on any atom is -0.335 e. The molecule has 5 heteroatoms. The first-order valence-electron chi connectivity index (χ1n) is 9.96. The van der Waals surface area contributed by atoms with Gasteiger partial charge in [0, 0.05) is 23.5 Å². The van der Waals surface area contributed by atoms with Crippen LogP contribution in [0.4, 0.5) is 0 Å². The normalized spacial score (nSPS) is 32.0. The molecule has 4 aliphatic rings. The second kappa shape index (κ2) is 7.32. The van der Waals surface area contributed by atoms with Crippen LogP contribution in [0.5, 0.6) is 0 Å². The molecule has 0 atom stereocenters. The van der Waals surface area contributed by atoms with Crippen LogP contribution in [0.15, 0.2) is 17.5 Å². The average molecular weight is 372 g/mol. The lowest BCUT2D eigenvalue weighted by atomic mass is 9.52. The van der Waals surface area contributed by atoms with E-state index in [1.54, 1.807) is 11.3 Å². The van der Waals surface area contributed by atoms with Gasteiger partial charge in [-0.25, -0.2) is 0 Å². The third-order valence-electron chi connectivity index (χ3n) is 6.74. The van der Waals surface area contributed by atoms with E-state index >= 15 is 0 Å². The largest absolute Gasteiger partial charge is 0.335 e. The molecule has 4 bridgehead atoms. The minimum absolute atomic E-state index is 0.0481. The molecule has 1 aromatic rings. The van der Waals surface area contributed by atoms with Crippen LogP contribution in [0.2, 0.25) is 0 Å². The van der Waals surface area contributed by atoms with Crippen LogP contribution in [0, 0.1) is 29.1 Å². The fraction of sp³-hybridized carbons (Fsp3) is 0.714. The monoisotopic (exact) mass is 371 g/mol. The van der Waals surface area contributed by atoms with Gasteiger partial charge in [0.2, 0.25) is 5.91 Å². The number of carbonyl (C=O) groups is 1. The Labute approximate surface area is 160 Å². The molecule has 1 aromatic heterocycles. The van der Waals surface area contributed by atoms with Gasteiger partial charge in [0.1, 0.15) is 0 Å². The van der Waals surface area contributed by atoms with Gasteiger partial charge < -0.3 is 4.90 Å². The Hall–Kier alpha value is -1.38. The number of amides is 1. The minimum atomic E-state index is 0.0481. The molecular formula is C21H29N3OS. The first-order chi connectivity index (χ1) is 12.6. The molecule has 4 saturated carbocycles. The first-order valence-corrected chi connectivity index (χ1v) is 10.8. The van der Waals surface area contributed by atoms with E-state index < -0.39 is 0 Å². The summed E-state index contributed by atoms with van der Waals surface area (Å²) >= 11 is 1.74. The van der Waals surface area contributed by atoms with Gasteiger partial charge in [0.15, 0.2) is 0 Å². The highest BCUT2D eigenvalue weighted by Gasteiger charge is 2.54. The molecule has 26 heavy (non-hydrogen) atoms. The number of hydrogen-bond donors (Lipinski definition) is 0. The summed E-state index contributed by atoms with van der Waals surface area (Å²) < 4.78 is 0. The van der Waals surface area contributed by atoms with Crippen molar-refractivity contribution in [2.45, 2.75) is 57.0 Å². The van der Waals surface area contributed by atoms with Crippen LogP contribution in [-0.2, 0) is 11.3 Å². The van der Waals surface area contributed by atoms with Gasteiger partial charge in [-0.1, -0.05) is 6.07 Å². The maximum absolute atomic E-state index is 13.3. The molecule has 1 amide bonds. The predicted octanol–water partition coefficient (Wildman–Crippen LogP) is 3.89. The second-order valence-corrected chi connectivity index (χ2v) is 9.88. The molecule has 4 fully saturated rings. The van der Waals surface area contributed by atoms with Gasteiger partial charge in [-0.05, 0) is 74.8 Å². The van der Waals surface area contributed by atoms with Gasteiger partial charge in [-0.15, -0.1) is 11.3 Å². The molecule has 0 N–H and O–H groups in total. The number of nitrogens with zero attached hydrogens (tertiary/aromatic N) is 3. The van der Waals surface area contributed by atoms with Crippen LogP contribution in [-0.4, -0.2) is 41.4 Å². The van der Waals surface area contributed by atoms with E-state index in [0.717, 1.165) is 24.3 Å². The van der Waals surface area contributed by atoms with Gasteiger partial charge in [-0.3, -0.25) is 9.69 Å². The summed E-state index contributed by atoms with van der Waals surface area (Å²) in [4.78, 5) is 18.8. The molecule has 0 aromatic carbocycles. The van der Waals surface area contributed by atoms with Crippen molar-refractivity contribution < 1.29 is 4.79 Å². The van der Waals surface area contributed by atoms with E-state index in [9.17, 15) is 4.79 Å². The Morgan fingerprint density at radius 3 is 2.46 bits per heavy atom. The smallest absolute Gasteiger partial charge is 0.237 e. The molecule has 0 unspecified atom stereocenters. The lowest BCUT2D eigenvalue weighted by Gasteiger charge is -2.60. The topological polar surface area (TPSA) is 47.3 Å². The number of rotatable bonds is 7. The zero-order valence-corrected chi connectivity index (χ0v) is 16.5. The number of carbonyl (C=O) groups excluding carboxylic acids is 1. The maximum Gasteiger partial charge on any atom is 0.237 e. The van der Waals surface area contributed by atoms with Crippen LogP contribution < -0.4 is 0 Å². The van der Waals surface area contributed by atoms with E-state index in [2.05, 4.69) is 33.4 Å². The second-order valence-electron chi connectivity index (χ2n) is 8.85. The third-order valence-corrected chi connectivity index (χ3v) is 7.60. The van der Waals surface area contributed by atoms with Crippen molar-refractivity contribution in [3.63, 3.8) is 0 Å². The molecule has 140 valence electrons. The number of hydrogen-bond acceptors (Lipinski definition) is 4. The molecule has 4 nitrogen and oxygen atoms in total. The number of nitriles is 1. The van der Waals surface area contributed by atoms with Gasteiger partial charge in [0.05, 0.1) is 19.0 Å². The van der Waals surface area contributed by atoms with Crippen LogP contribution >= 0.6 is 11.3 Å². The molecule has 0 saturated heterocycles. The maximum atomic E-state index is 13.3. The zero-order chi connectivity index (χ0) is 18.1. The summed E-state index contributed by atoms with van der Waals surface area (Å²) in [5, 5.41) is 11.2. The lowest BCUT2D eigenvalue weighted by Crippen LogP contribution is -2.62. The van der Waals surface area contributed by atoms with E-state index in [1.807, 2.05) is 7.05 Å². The summed E-state index contributed by atoms with van der Waals surface area (Å²) in [6.07, 6.45) is 8.08. The Balaban J connectivity index is 1.47. The fourth-order valence-corrected chi connectivity index (χ4v) is 7.01. The van der Waals surface area contributed by atoms with Crippen LogP contribution in [0.25, 0.3) is 0 Å². The van der Waals surface area contributed by atoms with Gasteiger partial charge in [0.25, 0.3) is 0 Å². The Morgan fingerprint density at radius 2 is 1.92 bits per heavy atom. The standard InChI is InChI=1S/C21H29N3OS/c1-23(14-19-4-2-7-26-19)15-20(25)24(6-3-5-22)21-11-16-8-17(12-21)10-18(9-16)13-21/h2,4,7,16-18H,3,6,8-15H2,1H3. The fourth-order valence-electron chi connectivity index (χ4n) is 6.22. The highest BCUT2D eigenvalue weighted by atomic mass is 32.1. The predicted molar refractivity (Wildman–Crippen MR) is 103 cm³/mol. The molecule has 1 heterocycles. The molecule has 0 aliphatic heterocycles. The van der Waals surface area contributed by atoms with E-state index in [0.29, 0.717) is 19.5 Å². The molecule has 5 rings (SSSR count). The van der Waals surface area contributed by atoms with Crippen molar-refractivity contribution >= 4 is 17.2 Å². The Kier molecular flexibility index (Phi) is 5.07. The highest BCUT2D eigenvalue weighted by molar-refractivity contribution is 7.09. The summed E-state index contributed by atoms with van der Waals surface area (Å²) in [5.74, 6) is 2.65. The van der Waals surface area contributed by atoms with Gasteiger partial charge in [-0.2, -0.15) is 5.26 Å². The first kappa shape index (κ1) is 18.0. The summed E-state index contributed by atoms with van der Waals surface area (Å²) in [5.41, 5.74) is 0.0481. The summed E-state index contributed by atoms with van der Waals surface area (Å²) in [7, 11) is 2.03. The molecular weight excluding hydrogens is 342 g/mol. The molecule has 4 aliphatic carbocycles. The van der Waals surface area contributed by atoms with Crippen molar-refractivity contribution in [3.8, 4) is 6.07 Å². The van der Waals surface area contributed by atoms with E-state index in [1.165, 1.54) is 43.4 Å². The van der Waals surface area contributed by atoms with Crippen molar-refractivity contribution in [3.05, 3.63) is 22.4 Å².